The standard InChI is InChI=1S/C10H14N5O7P.C10H13N5O4.H2O/c11-8-5-9(13-2-12-8)15(3-14-5)10-7(17)6(16)4(22-10)1-21-23(18,19)20;11-8-5-9(13-2-12-8)15(3-14-5)10-7(18)6(17)4(1-16)19-10;/h2-4,6-7,10,16-17H,1H2,(H2,11,12,13)(H2,18,19,20);2-4,6-7,10,16-18H,1H2,(H2,11,12,13);1H2/t2*4-,6-,7+,10-;/m11./s1. The molecule has 13 N–H and O–H groups in total. The van der Waals surface area contributed by atoms with E-state index in [1.807, 2.05) is 0 Å². The van der Waals surface area contributed by atoms with Crippen LogP contribution in [0.15, 0.2) is 25.3 Å². The summed E-state index contributed by atoms with van der Waals surface area (Å²) in [6.07, 6.45) is -3.91. The Labute approximate surface area is 239 Å². The van der Waals surface area contributed by atoms with Crippen molar-refractivity contribution in [2.24, 2.45) is 0 Å². The van der Waals surface area contributed by atoms with Crippen LogP contribution in [-0.2, 0) is 18.6 Å². The number of ether oxygens (including phenoxy) is 2. The molecule has 0 saturated carbocycles. The topological polar surface area (TPSA) is 357 Å². The lowest BCUT2D eigenvalue weighted by Gasteiger charge is -2.16. The minimum Gasteiger partial charge on any atom is -0.412 e. The minimum atomic E-state index is -4.72. The van der Waals surface area contributed by atoms with E-state index in [-0.39, 0.29) is 22.8 Å². The van der Waals surface area contributed by atoms with Crippen molar-refractivity contribution >= 4 is 41.8 Å². The van der Waals surface area contributed by atoms with Gasteiger partial charge in [0.15, 0.2) is 35.4 Å². The Kier molecular flexibility index (Phi) is 9.51. The maximum absolute atomic E-state index is 10.7. The number of aromatic nitrogens is 8. The third kappa shape index (κ3) is 6.26. The molecule has 2 aliphatic heterocycles. The van der Waals surface area contributed by atoms with Gasteiger partial charge in [0, 0.05) is 0 Å². The van der Waals surface area contributed by atoms with E-state index in [0.29, 0.717) is 16.7 Å². The van der Waals surface area contributed by atoms with Gasteiger partial charge >= 0.3 is 7.82 Å². The van der Waals surface area contributed by atoms with E-state index in [9.17, 15) is 25.0 Å². The van der Waals surface area contributed by atoms with E-state index in [4.69, 9.17) is 35.8 Å². The fourth-order valence-electron chi connectivity index (χ4n) is 4.49. The monoisotopic (exact) mass is 632 g/mol. The summed E-state index contributed by atoms with van der Waals surface area (Å²) in [5.41, 5.74) is 12.7. The van der Waals surface area contributed by atoms with Crippen LogP contribution < -0.4 is 11.5 Å². The maximum atomic E-state index is 10.7. The van der Waals surface area contributed by atoms with Gasteiger partial charge in [0.1, 0.15) is 60.3 Å². The SMILES string of the molecule is Nc1ncnc2c1ncn2[C@@H]1O[C@H](CO)[C@@H](O)[C@@H]1O.Nc1ncnc2c1ncn2[C@@H]1O[C@H](COP(=O)(O)O)[C@@H](O)[C@@H]1O.O. The van der Waals surface area contributed by atoms with Gasteiger partial charge in [0.2, 0.25) is 0 Å². The summed E-state index contributed by atoms with van der Waals surface area (Å²) in [6, 6.07) is 0. The number of nitrogens with zero attached hydrogens (tertiary/aromatic N) is 8. The van der Waals surface area contributed by atoms with Gasteiger partial charge in [-0.15, -0.1) is 0 Å². The smallest absolute Gasteiger partial charge is 0.412 e. The van der Waals surface area contributed by atoms with Gasteiger partial charge in [0.05, 0.1) is 25.9 Å². The highest BCUT2D eigenvalue weighted by Gasteiger charge is 2.45. The number of phosphoric ester groups is 1. The van der Waals surface area contributed by atoms with Crippen molar-refractivity contribution in [1.82, 2.24) is 39.0 Å². The number of imidazole rings is 2. The number of rotatable bonds is 6. The van der Waals surface area contributed by atoms with Crippen LogP contribution in [0.2, 0.25) is 0 Å². The third-order valence-electron chi connectivity index (χ3n) is 6.58. The average molecular weight is 632 g/mol. The first-order chi connectivity index (χ1) is 19.9. The first kappa shape index (κ1) is 32.4. The number of nitrogens with two attached hydrogens (primary N) is 2. The van der Waals surface area contributed by atoms with Gasteiger partial charge in [-0.1, -0.05) is 0 Å². The van der Waals surface area contributed by atoms with Crippen LogP contribution >= 0.6 is 7.82 Å². The first-order valence-electron chi connectivity index (χ1n) is 12.1. The fraction of sp³-hybridized carbons (Fsp3) is 0.500. The highest BCUT2D eigenvalue weighted by atomic mass is 31.2. The Morgan fingerprint density at radius 1 is 0.767 bits per heavy atom. The van der Waals surface area contributed by atoms with Gasteiger partial charge in [-0.3, -0.25) is 13.7 Å². The van der Waals surface area contributed by atoms with Crippen molar-refractivity contribution in [2.75, 3.05) is 24.7 Å². The summed E-state index contributed by atoms with van der Waals surface area (Å²) in [5, 5.41) is 48.8. The molecule has 43 heavy (non-hydrogen) atoms. The summed E-state index contributed by atoms with van der Waals surface area (Å²) in [7, 11) is -4.72. The average Bonchev–Trinajstić information content (AvgIpc) is 3.70. The Morgan fingerprint density at radius 2 is 1.21 bits per heavy atom. The Bertz CT molecular complexity index is 1600. The number of aliphatic hydroxyl groups is 5. The molecule has 6 heterocycles. The predicted molar refractivity (Wildman–Crippen MR) is 140 cm³/mol. The number of hydrogen-bond acceptors (Lipinski definition) is 17. The van der Waals surface area contributed by atoms with E-state index in [0.717, 1.165) is 0 Å². The summed E-state index contributed by atoms with van der Waals surface area (Å²) in [5.74, 6) is 0.360. The summed E-state index contributed by atoms with van der Waals surface area (Å²) in [6.45, 7) is -0.985. The second-order valence-electron chi connectivity index (χ2n) is 9.23. The fourth-order valence-corrected chi connectivity index (χ4v) is 4.83. The van der Waals surface area contributed by atoms with Gasteiger partial charge in [-0.25, -0.2) is 34.5 Å². The van der Waals surface area contributed by atoms with E-state index in [1.165, 1.54) is 34.4 Å². The molecule has 6 rings (SSSR count). The van der Waals surface area contributed by atoms with Crippen LogP contribution in [-0.4, -0.2) is 130 Å². The quantitative estimate of drug-likeness (QED) is 0.0901. The van der Waals surface area contributed by atoms with E-state index in [2.05, 4.69) is 34.4 Å². The molecular weight excluding hydrogens is 603 g/mol. The molecule has 236 valence electrons. The highest BCUT2D eigenvalue weighted by molar-refractivity contribution is 7.46. The van der Waals surface area contributed by atoms with Gasteiger partial charge < -0.3 is 61.7 Å². The molecule has 2 saturated heterocycles. The van der Waals surface area contributed by atoms with Crippen molar-refractivity contribution in [2.45, 2.75) is 49.1 Å². The lowest BCUT2D eigenvalue weighted by molar-refractivity contribution is -0.0511. The number of phosphoric acid groups is 1. The Hall–Kier alpha value is -3.51. The van der Waals surface area contributed by atoms with Crippen LogP contribution in [0.25, 0.3) is 22.3 Å². The number of hydrogen-bond donors (Lipinski definition) is 9. The van der Waals surface area contributed by atoms with E-state index >= 15 is 0 Å². The lowest BCUT2D eigenvalue weighted by Crippen LogP contribution is -2.33. The zero-order valence-electron chi connectivity index (χ0n) is 21.8. The molecule has 23 heteroatoms. The zero-order valence-corrected chi connectivity index (χ0v) is 22.7. The number of nitrogen functional groups attached to an aromatic ring is 2. The molecule has 4 aromatic rings. The molecule has 0 bridgehead atoms. The Balaban J connectivity index is 0.000000195. The second-order valence-corrected chi connectivity index (χ2v) is 10.5. The predicted octanol–water partition coefficient (Wildman–Crippen LogP) is -4.67. The molecule has 22 nitrogen and oxygen atoms in total. The van der Waals surface area contributed by atoms with Gasteiger partial charge in [-0.2, -0.15) is 0 Å². The molecule has 0 unspecified atom stereocenters. The van der Waals surface area contributed by atoms with Crippen molar-refractivity contribution in [3.05, 3.63) is 25.3 Å². The van der Waals surface area contributed by atoms with Crippen LogP contribution in [0.5, 0.6) is 0 Å². The second kappa shape index (κ2) is 12.6. The minimum absolute atomic E-state index is 0. The summed E-state index contributed by atoms with van der Waals surface area (Å²) >= 11 is 0. The van der Waals surface area contributed by atoms with E-state index < -0.39 is 70.1 Å². The zero-order chi connectivity index (χ0) is 30.3. The molecule has 0 radical (unpaired) electrons. The molecular formula is C20H29N10O12P. The molecule has 4 aromatic heterocycles. The maximum Gasteiger partial charge on any atom is 0.469 e. The number of fused-ring (bicyclic) bond motifs is 2. The Morgan fingerprint density at radius 3 is 1.63 bits per heavy atom. The molecule has 8 atom stereocenters. The first-order valence-corrected chi connectivity index (χ1v) is 13.6. The number of aliphatic hydroxyl groups excluding tert-OH is 5. The van der Waals surface area contributed by atoms with Crippen molar-refractivity contribution < 1.29 is 59.4 Å². The molecule has 0 spiro atoms. The summed E-state index contributed by atoms with van der Waals surface area (Å²) in [4.78, 5) is 41.1. The third-order valence-corrected chi connectivity index (χ3v) is 7.07. The number of anilines is 2. The van der Waals surface area contributed by atoms with Gasteiger partial charge in [0.25, 0.3) is 0 Å². The van der Waals surface area contributed by atoms with Crippen LogP contribution in [0, 0.1) is 0 Å². The lowest BCUT2D eigenvalue weighted by atomic mass is 10.1. The van der Waals surface area contributed by atoms with E-state index in [1.54, 1.807) is 0 Å². The van der Waals surface area contributed by atoms with Crippen LogP contribution in [0.3, 0.4) is 0 Å². The van der Waals surface area contributed by atoms with Crippen LogP contribution in [0.4, 0.5) is 11.6 Å². The molecule has 2 aliphatic rings. The summed E-state index contributed by atoms with van der Waals surface area (Å²) < 4.78 is 28.7. The molecule has 0 aliphatic carbocycles. The largest absolute Gasteiger partial charge is 0.469 e. The van der Waals surface area contributed by atoms with Crippen molar-refractivity contribution in [1.29, 1.82) is 0 Å². The normalized spacial score (nSPS) is 29.0. The molecule has 0 aromatic carbocycles. The van der Waals surface area contributed by atoms with Gasteiger partial charge in [-0.05, 0) is 0 Å². The molecule has 0 amide bonds. The van der Waals surface area contributed by atoms with Crippen molar-refractivity contribution in [3.63, 3.8) is 0 Å². The molecule has 2 fully saturated rings. The highest BCUT2D eigenvalue weighted by Crippen LogP contribution is 2.39. The van der Waals surface area contributed by atoms with Crippen molar-refractivity contribution in [3.8, 4) is 0 Å². The van der Waals surface area contributed by atoms with Crippen LogP contribution in [0.1, 0.15) is 12.5 Å².